The van der Waals surface area contributed by atoms with Gasteiger partial charge in [-0.15, -0.1) is 0 Å². The van der Waals surface area contributed by atoms with Crippen molar-refractivity contribution in [3.8, 4) is 0 Å². The molecule has 0 atom stereocenters. The largest absolute Gasteiger partial charge is 0.385 e. The lowest BCUT2D eigenvalue weighted by Gasteiger charge is -2.20. The highest BCUT2D eigenvalue weighted by molar-refractivity contribution is 5.93. The highest BCUT2D eigenvalue weighted by Crippen LogP contribution is 2.15. The molecule has 2 heterocycles. The van der Waals surface area contributed by atoms with Crippen LogP contribution in [0, 0.1) is 5.92 Å². The van der Waals surface area contributed by atoms with Crippen LogP contribution in [0.1, 0.15) is 50.0 Å². The molecule has 1 aromatic rings. The highest BCUT2D eigenvalue weighted by atomic mass is 16.2. The number of anilines is 1. The Kier molecular flexibility index (Phi) is 5.39. The molecule has 1 aliphatic heterocycles. The molecule has 0 aliphatic carbocycles. The summed E-state index contributed by atoms with van der Waals surface area (Å²) in [6.07, 6.45) is 6.39. The quantitative estimate of drug-likeness (QED) is 0.918. The Morgan fingerprint density at radius 2 is 2.00 bits per heavy atom. The predicted molar refractivity (Wildman–Crippen MR) is 81.9 cm³/mol. The number of hydrogen-bond acceptors (Lipinski definition) is 3. The summed E-state index contributed by atoms with van der Waals surface area (Å²) in [6.45, 7) is 6.96. The fourth-order valence-electron chi connectivity index (χ4n) is 2.42. The molecule has 1 saturated heterocycles. The van der Waals surface area contributed by atoms with Crippen LogP contribution in [0.15, 0.2) is 18.3 Å². The van der Waals surface area contributed by atoms with E-state index in [1.807, 2.05) is 17.0 Å². The van der Waals surface area contributed by atoms with E-state index in [4.69, 9.17) is 0 Å². The van der Waals surface area contributed by atoms with E-state index >= 15 is 0 Å². The number of carbonyl (C=O) groups excluding carboxylic acids is 1. The van der Waals surface area contributed by atoms with Gasteiger partial charge in [-0.1, -0.05) is 26.7 Å². The van der Waals surface area contributed by atoms with Crippen molar-refractivity contribution < 1.29 is 4.79 Å². The lowest BCUT2D eigenvalue weighted by molar-refractivity contribution is 0.0756. The second-order valence-corrected chi connectivity index (χ2v) is 5.91. The second kappa shape index (κ2) is 7.27. The number of hydrogen-bond donors (Lipinski definition) is 1. The van der Waals surface area contributed by atoms with Crippen LogP contribution in [-0.4, -0.2) is 35.4 Å². The highest BCUT2D eigenvalue weighted by Gasteiger charge is 2.18. The van der Waals surface area contributed by atoms with E-state index < -0.39 is 0 Å². The monoisotopic (exact) mass is 275 g/mol. The van der Waals surface area contributed by atoms with Gasteiger partial charge in [0.25, 0.3) is 5.91 Å². The average molecular weight is 275 g/mol. The van der Waals surface area contributed by atoms with Gasteiger partial charge in [0.2, 0.25) is 0 Å². The van der Waals surface area contributed by atoms with Crippen molar-refractivity contribution >= 4 is 11.6 Å². The van der Waals surface area contributed by atoms with Crippen LogP contribution < -0.4 is 5.32 Å². The average Bonchev–Trinajstić information content (AvgIpc) is 2.73. The summed E-state index contributed by atoms with van der Waals surface area (Å²) in [5, 5.41) is 3.34. The topological polar surface area (TPSA) is 45.2 Å². The summed E-state index contributed by atoms with van der Waals surface area (Å²) in [5.41, 5.74) is 1.53. The fraction of sp³-hybridized carbons (Fsp3) is 0.625. The molecule has 1 aliphatic rings. The van der Waals surface area contributed by atoms with E-state index in [0.717, 1.165) is 38.2 Å². The third kappa shape index (κ3) is 4.22. The standard InChI is InChI=1S/C16H25N3O/c1-13(2)12-18-14-7-8-17-15(11-14)16(20)19-9-5-3-4-6-10-19/h7-8,11,13H,3-6,9-10,12H2,1-2H3,(H,17,18). The number of pyridine rings is 1. The number of rotatable bonds is 4. The maximum Gasteiger partial charge on any atom is 0.272 e. The zero-order valence-corrected chi connectivity index (χ0v) is 12.6. The number of amides is 1. The molecular formula is C16H25N3O. The van der Waals surface area contributed by atoms with Gasteiger partial charge in [0.15, 0.2) is 0 Å². The van der Waals surface area contributed by atoms with Crippen LogP contribution in [0.4, 0.5) is 5.69 Å². The van der Waals surface area contributed by atoms with Crippen molar-refractivity contribution in [2.24, 2.45) is 5.92 Å². The maximum absolute atomic E-state index is 12.5. The Labute approximate surface area is 121 Å². The van der Waals surface area contributed by atoms with E-state index in [2.05, 4.69) is 24.1 Å². The van der Waals surface area contributed by atoms with Gasteiger partial charge in [0.05, 0.1) is 0 Å². The normalized spacial score (nSPS) is 16.1. The van der Waals surface area contributed by atoms with Gasteiger partial charge >= 0.3 is 0 Å². The van der Waals surface area contributed by atoms with Gasteiger partial charge in [0.1, 0.15) is 5.69 Å². The summed E-state index contributed by atoms with van der Waals surface area (Å²) in [7, 11) is 0. The molecule has 4 nitrogen and oxygen atoms in total. The van der Waals surface area contributed by atoms with Gasteiger partial charge < -0.3 is 10.2 Å². The van der Waals surface area contributed by atoms with Gasteiger partial charge in [-0.05, 0) is 30.9 Å². The van der Waals surface area contributed by atoms with Crippen LogP contribution in [0.3, 0.4) is 0 Å². The SMILES string of the molecule is CC(C)CNc1ccnc(C(=O)N2CCCCCC2)c1. The number of likely N-dealkylation sites (tertiary alicyclic amines) is 1. The molecule has 2 rings (SSSR count). The maximum atomic E-state index is 12.5. The third-order valence-corrected chi connectivity index (χ3v) is 3.59. The number of nitrogens with zero attached hydrogens (tertiary/aromatic N) is 2. The van der Waals surface area contributed by atoms with Crippen LogP contribution in [0.5, 0.6) is 0 Å². The van der Waals surface area contributed by atoms with E-state index in [9.17, 15) is 4.79 Å². The summed E-state index contributed by atoms with van der Waals surface area (Å²) in [4.78, 5) is 18.7. The summed E-state index contributed by atoms with van der Waals surface area (Å²) in [6, 6.07) is 3.79. The van der Waals surface area contributed by atoms with Crippen molar-refractivity contribution in [3.63, 3.8) is 0 Å². The molecular weight excluding hydrogens is 250 g/mol. The van der Waals surface area contributed by atoms with E-state index in [1.54, 1.807) is 6.20 Å². The van der Waals surface area contributed by atoms with E-state index in [-0.39, 0.29) is 5.91 Å². The summed E-state index contributed by atoms with van der Waals surface area (Å²) >= 11 is 0. The fourth-order valence-corrected chi connectivity index (χ4v) is 2.42. The molecule has 0 spiro atoms. The van der Waals surface area contributed by atoms with Gasteiger partial charge in [-0.25, -0.2) is 0 Å². The van der Waals surface area contributed by atoms with Crippen molar-refractivity contribution in [3.05, 3.63) is 24.0 Å². The summed E-state index contributed by atoms with van der Waals surface area (Å²) in [5.74, 6) is 0.646. The predicted octanol–water partition coefficient (Wildman–Crippen LogP) is 3.17. The molecule has 4 heteroatoms. The van der Waals surface area contributed by atoms with Crippen molar-refractivity contribution in [2.75, 3.05) is 25.0 Å². The second-order valence-electron chi connectivity index (χ2n) is 5.91. The Morgan fingerprint density at radius 3 is 2.65 bits per heavy atom. The van der Waals surface area contributed by atoms with Crippen molar-refractivity contribution in [2.45, 2.75) is 39.5 Å². The molecule has 0 bridgehead atoms. The summed E-state index contributed by atoms with van der Waals surface area (Å²) < 4.78 is 0. The Hall–Kier alpha value is -1.58. The Bertz CT molecular complexity index is 437. The van der Waals surface area contributed by atoms with E-state index in [0.29, 0.717) is 11.6 Å². The van der Waals surface area contributed by atoms with Gasteiger partial charge in [-0.3, -0.25) is 9.78 Å². The first-order valence-electron chi connectivity index (χ1n) is 7.66. The molecule has 0 unspecified atom stereocenters. The smallest absolute Gasteiger partial charge is 0.272 e. The Morgan fingerprint density at radius 1 is 1.30 bits per heavy atom. The molecule has 1 aromatic heterocycles. The first-order chi connectivity index (χ1) is 9.66. The molecule has 1 fully saturated rings. The lowest BCUT2D eigenvalue weighted by atomic mass is 10.2. The Balaban J connectivity index is 2.03. The van der Waals surface area contributed by atoms with Crippen molar-refractivity contribution in [1.29, 1.82) is 0 Å². The first-order valence-corrected chi connectivity index (χ1v) is 7.66. The lowest BCUT2D eigenvalue weighted by Crippen LogP contribution is -2.32. The number of aromatic nitrogens is 1. The first kappa shape index (κ1) is 14.8. The molecule has 1 N–H and O–H groups in total. The number of nitrogens with one attached hydrogen (secondary N) is 1. The van der Waals surface area contributed by atoms with E-state index in [1.165, 1.54) is 12.8 Å². The molecule has 110 valence electrons. The van der Waals surface area contributed by atoms with Crippen LogP contribution >= 0.6 is 0 Å². The molecule has 0 radical (unpaired) electrons. The zero-order valence-electron chi connectivity index (χ0n) is 12.6. The number of carbonyl (C=O) groups is 1. The molecule has 1 amide bonds. The third-order valence-electron chi connectivity index (χ3n) is 3.59. The van der Waals surface area contributed by atoms with Crippen LogP contribution in [-0.2, 0) is 0 Å². The molecule has 0 aromatic carbocycles. The van der Waals surface area contributed by atoms with Crippen molar-refractivity contribution in [1.82, 2.24) is 9.88 Å². The zero-order chi connectivity index (χ0) is 14.4. The van der Waals surface area contributed by atoms with Crippen LogP contribution in [0.2, 0.25) is 0 Å². The molecule has 20 heavy (non-hydrogen) atoms. The van der Waals surface area contributed by atoms with Gasteiger partial charge in [-0.2, -0.15) is 0 Å². The molecule has 0 saturated carbocycles. The van der Waals surface area contributed by atoms with Crippen LogP contribution in [0.25, 0.3) is 0 Å². The minimum atomic E-state index is 0.0695. The van der Waals surface area contributed by atoms with Gasteiger partial charge in [0, 0.05) is 31.5 Å². The minimum Gasteiger partial charge on any atom is -0.385 e. The minimum absolute atomic E-state index is 0.0695.